The van der Waals surface area contributed by atoms with Gasteiger partial charge in [0.15, 0.2) is 5.69 Å². The molecule has 7 nitrogen and oxygen atoms in total. The van der Waals surface area contributed by atoms with E-state index in [0.29, 0.717) is 11.5 Å². The van der Waals surface area contributed by atoms with Gasteiger partial charge in [0.05, 0.1) is 0 Å². The molecule has 0 radical (unpaired) electrons. The highest BCUT2D eigenvalue weighted by Gasteiger charge is 2.24. The first-order valence-corrected chi connectivity index (χ1v) is 8.12. The smallest absolute Gasteiger partial charge is 0.276 e. The van der Waals surface area contributed by atoms with Crippen molar-refractivity contribution in [3.05, 3.63) is 35.7 Å². The third kappa shape index (κ3) is 3.61. The molecule has 1 saturated heterocycles. The van der Waals surface area contributed by atoms with Gasteiger partial charge in [-0.3, -0.25) is 9.69 Å². The molecule has 0 atom stereocenters. The fourth-order valence-electron chi connectivity index (χ4n) is 2.91. The third-order valence-electron chi connectivity index (χ3n) is 4.28. The molecule has 0 spiro atoms. The van der Waals surface area contributed by atoms with Gasteiger partial charge < -0.3 is 14.0 Å². The van der Waals surface area contributed by atoms with E-state index >= 15 is 0 Å². The Morgan fingerprint density at radius 2 is 2.04 bits per heavy atom. The van der Waals surface area contributed by atoms with Crippen LogP contribution < -0.4 is 0 Å². The highest BCUT2D eigenvalue weighted by molar-refractivity contribution is 5.92. The summed E-state index contributed by atoms with van der Waals surface area (Å²) in [5.41, 5.74) is 0.405. The largest absolute Gasteiger partial charge is 0.361 e. The maximum atomic E-state index is 12.3. The van der Waals surface area contributed by atoms with Crippen LogP contribution in [0.25, 0.3) is 0 Å². The summed E-state index contributed by atoms with van der Waals surface area (Å²) in [6.45, 7) is 9.08. The summed E-state index contributed by atoms with van der Waals surface area (Å²) < 4.78 is 7.19. The van der Waals surface area contributed by atoms with Crippen LogP contribution in [0, 0.1) is 6.92 Å². The Hall–Kier alpha value is -2.15. The van der Waals surface area contributed by atoms with E-state index in [2.05, 4.69) is 26.5 Å². The SMILES string of the molecule is CCc1nccn1CCN1CCN(C(=O)c2cc(C)on2)CC1. The molecule has 0 saturated carbocycles. The predicted molar refractivity (Wildman–Crippen MR) is 85.2 cm³/mol. The molecule has 2 aromatic rings. The number of rotatable bonds is 5. The van der Waals surface area contributed by atoms with Crippen LogP contribution in [0.5, 0.6) is 0 Å². The summed E-state index contributed by atoms with van der Waals surface area (Å²) in [6, 6.07) is 1.69. The molecule has 23 heavy (non-hydrogen) atoms. The summed E-state index contributed by atoms with van der Waals surface area (Å²) >= 11 is 0. The summed E-state index contributed by atoms with van der Waals surface area (Å²) in [7, 11) is 0. The fraction of sp³-hybridized carbons (Fsp3) is 0.562. The zero-order valence-corrected chi connectivity index (χ0v) is 13.7. The number of aryl methyl sites for hydroxylation is 2. The van der Waals surface area contributed by atoms with E-state index in [9.17, 15) is 4.79 Å². The van der Waals surface area contributed by atoms with Gasteiger partial charge in [0.25, 0.3) is 5.91 Å². The molecule has 3 rings (SSSR count). The van der Waals surface area contributed by atoms with Crippen LogP contribution in [0.4, 0.5) is 0 Å². The van der Waals surface area contributed by atoms with Gasteiger partial charge in [0, 0.05) is 64.1 Å². The van der Waals surface area contributed by atoms with Crippen molar-refractivity contribution in [1.82, 2.24) is 24.5 Å². The Morgan fingerprint density at radius 1 is 1.26 bits per heavy atom. The quantitative estimate of drug-likeness (QED) is 0.829. The van der Waals surface area contributed by atoms with E-state index in [4.69, 9.17) is 4.52 Å². The van der Waals surface area contributed by atoms with E-state index in [-0.39, 0.29) is 5.91 Å². The van der Waals surface area contributed by atoms with Gasteiger partial charge in [-0.25, -0.2) is 4.98 Å². The van der Waals surface area contributed by atoms with E-state index < -0.39 is 0 Å². The van der Waals surface area contributed by atoms with Crippen molar-refractivity contribution >= 4 is 5.91 Å². The first kappa shape index (κ1) is 15.7. The Balaban J connectivity index is 1.48. The minimum Gasteiger partial charge on any atom is -0.361 e. The first-order valence-electron chi connectivity index (χ1n) is 8.12. The summed E-state index contributed by atoms with van der Waals surface area (Å²) in [6.07, 6.45) is 4.84. The van der Waals surface area contributed by atoms with E-state index in [1.165, 1.54) is 0 Å². The fourth-order valence-corrected chi connectivity index (χ4v) is 2.91. The number of nitrogens with zero attached hydrogens (tertiary/aromatic N) is 5. The standard InChI is InChI=1S/C16H23N5O2/c1-3-15-17-4-5-20(15)9-6-19-7-10-21(11-8-19)16(22)14-12-13(2)23-18-14/h4-5,12H,3,6-11H2,1-2H3. The summed E-state index contributed by atoms with van der Waals surface area (Å²) in [4.78, 5) is 20.9. The number of piperazine rings is 1. The van der Waals surface area contributed by atoms with Crippen molar-refractivity contribution < 1.29 is 9.32 Å². The van der Waals surface area contributed by atoms with Crippen molar-refractivity contribution in [2.24, 2.45) is 0 Å². The molecular formula is C16H23N5O2. The van der Waals surface area contributed by atoms with E-state index in [0.717, 1.165) is 51.5 Å². The van der Waals surface area contributed by atoms with Crippen molar-refractivity contribution in [1.29, 1.82) is 0 Å². The Labute approximate surface area is 135 Å². The lowest BCUT2D eigenvalue weighted by atomic mass is 10.2. The van der Waals surface area contributed by atoms with Gasteiger partial charge >= 0.3 is 0 Å². The first-order chi connectivity index (χ1) is 11.2. The number of amides is 1. The van der Waals surface area contributed by atoms with E-state index in [1.807, 2.05) is 17.3 Å². The normalized spacial score (nSPS) is 16.0. The lowest BCUT2D eigenvalue weighted by Gasteiger charge is -2.34. The van der Waals surface area contributed by atoms with E-state index in [1.54, 1.807) is 13.0 Å². The molecule has 0 aromatic carbocycles. The second-order valence-corrected chi connectivity index (χ2v) is 5.85. The molecule has 0 unspecified atom stereocenters. The van der Waals surface area contributed by atoms with Gasteiger partial charge in [0.2, 0.25) is 0 Å². The van der Waals surface area contributed by atoms with Gasteiger partial charge in [-0.15, -0.1) is 0 Å². The van der Waals surface area contributed by atoms with Gasteiger partial charge in [0.1, 0.15) is 11.6 Å². The van der Waals surface area contributed by atoms with Crippen LogP contribution in [0.2, 0.25) is 0 Å². The molecule has 0 aliphatic carbocycles. The minimum atomic E-state index is -0.0376. The van der Waals surface area contributed by atoms with Crippen molar-refractivity contribution in [3.8, 4) is 0 Å². The number of aromatic nitrogens is 3. The summed E-state index contributed by atoms with van der Waals surface area (Å²) in [5.74, 6) is 1.75. The lowest BCUT2D eigenvalue weighted by Crippen LogP contribution is -2.49. The van der Waals surface area contributed by atoms with Gasteiger partial charge in [-0.1, -0.05) is 12.1 Å². The average molecular weight is 317 g/mol. The molecule has 2 aromatic heterocycles. The van der Waals surface area contributed by atoms with Crippen LogP contribution in [-0.4, -0.2) is 63.1 Å². The second-order valence-electron chi connectivity index (χ2n) is 5.85. The van der Waals surface area contributed by atoms with Gasteiger partial charge in [-0.2, -0.15) is 0 Å². The average Bonchev–Trinajstić information content (AvgIpc) is 3.21. The molecule has 1 aliphatic heterocycles. The Bertz CT molecular complexity index is 655. The maximum Gasteiger partial charge on any atom is 0.276 e. The monoisotopic (exact) mass is 317 g/mol. The van der Waals surface area contributed by atoms with Gasteiger partial charge in [-0.05, 0) is 6.92 Å². The molecule has 0 bridgehead atoms. The molecule has 1 fully saturated rings. The van der Waals surface area contributed by atoms with Crippen LogP contribution in [-0.2, 0) is 13.0 Å². The molecule has 0 N–H and O–H groups in total. The van der Waals surface area contributed by atoms with Crippen LogP contribution in [0.15, 0.2) is 23.0 Å². The Morgan fingerprint density at radius 3 is 2.70 bits per heavy atom. The third-order valence-corrected chi connectivity index (χ3v) is 4.28. The minimum absolute atomic E-state index is 0.0376. The number of hydrogen-bond donors (Lipinski definition) is 0. The lowest BCUT2D eigenvalue weighted by molar-refractivity contribution is 0.0623. The van der Waals surface area contributed by atoms with Crippen molar-refractivity contribution in [3.63, 3.8) is 0 Å². The second kappa shape index (κ2) is 6.95. The molecule has 7 heteroatoms. The predicted octanol–water partition coefficient (Wildman–Crippen LogP) is 1.20. The molecule has 3 heterocycles. The zero-order chi connectivity index (χ0) is 16.2. The van der Waals surface area contributed by atoms with Crippen molar-refractivity contribution in [2.75, 3.05) is 32.7 Å². The number of imidazole rings is 1. The summed E-state index contributed by atoms with van der Waals surface area (Å²) in [5, 5.41) is 3.81. The highest BCUT2D eigenvalue weighted by Crippen LogP contribution is 2.10. The molecule has 1 amide bonds. The van der Waals surface area contributed by atoms with Crippen LogP contribution >= 0.6 is 0 Å². The number of carbonyl (C=O) groups is 1. The molecule has 1 aliphatic rings. The number of hydrogen-bond acceptors (Lipinski definition) is 5. The number of carbonyl (C=O) groups excluding carboxylic acids is 1. The van der Waals surface area contributed by atoms with Crippen LogP contribution in [0.3, 0.4) is 0 Å². The molecule has 124 valence electrons. The zero-order valence-electron chi connectivity index (χ0n) is 13.7. The maximum absolute atomic E-state index is 12.3. The topological polar surface area (TPSA) is 67.4 Å². The van der Waals surface area contributed by atoms with Crippen molar-refractivity contribution in [2.45, 2.75) is 26.8 Å². The highest BCUT2D eigenvalue weighted by atomic mass is 16.5. The van der Waals surface area contributed by atoms with Crippen LogP contribution in [0.1, 0.15) is 29.0 Å². The Kier molecular flexibility index (Phi) is 4.76. The molecular weight excluding hydrogens is 294 g/mol.